The number of sulfonamides is 1. The summed E-state index contributed by atoms with van der Waals surface area (Å²) in [5.41, 5.74) is 5.88. The van der Waals surface area contributed by atoms with E-state index in [4.69, 9.17) is 10.5 Å². The lowest BCUT2D eigenvalue weighted by atomic mass is 10.2. The van der Waals surface area contributed by atoms with Gasteiger partial charge in [0.15, 0.2) is 0 Å². The van der Waals surface area contributed by atoms with E-state index in [2.05, 4.69) is 20.7 Å². The van der Waals surface area contributed by atoms with Crippen molar-refractivity contribution in [3.63, 3.8) is 0 Å². The van der Waals surface area contributed by atoms with E-state index in [0.717, 1.165) is 12.8 Å². The van der Waals surface area contributed by atoms with Gasteiger partial charge in [-0.2, -0.15) is 0 Å². The highest BCUT2D eigenvalue weighted by Gasteiger charge is 2.29. The molecule has 3 N–H and O–H groups in total. The number of nitrogens with two attached hydrogens (primary N) is 1. The van der Waals surface area contributed by atoms with Crippen LogP contribution in [0.3, 0.4) is 0 Å². The average molecular weight is 349 g/mol. The van der Waals surface area contributed by atoms with Gasteiger partial charge in [-0.1, -0.05) is 0 Å². The molecule has 2 rings (SSSR count). The maximum atomic E-state index is 12.1. The molecule has 0 heterocycles. The van der Waals surface area contributed by atoms with Gasteiger partial charge in [-0.3, -0.25) is 0 Å². The van der Waals surface area contributed by atoms with Crippen molar-refractivity contribution < 1.29 is 13.2 Å². The highest BCUT2D eigenvalue weighted by atomic mass is 79.9. The average Bonchev–Trinajstić information content (AvgIpc) is 3.20. The molecule has 1 atom stereocenters. The van der Waals surface area contributed by atoms with Crippen LogP contribution in [-0.2, 0) is 10.0 Å². The van der Waals surface area contributed by atoms with Crippen LogP contribution in [0.5, 0.6) is 5.75 Å². The summed E-state index contributed by atoms with van der Waals surface area (Å²) < 4.78 is 32.4. The molecule has 0 radical (unpaired) electrons. The number of hydrogen-bond acceptors (Lipinski definition) is 4. The maximum Gasteiger partial charge on any atom is 0.240 e. The Kier molecular flexibility index (Phi) is 4.50. The smallest absolute Gasteiger partial charge is 0.240 e. The van der Waals surface area contributed by atoms with E-state index in [-0.39, 0.29) is 17.5 Å². The molecular formula is C12H17BrN2O3S. The fraction of sp³-hybridized carbons (Fsp3) is 0.500. The molecule has 19 heavy (non-hydrogen) atoms. The van der Waals surface area contributed by atoms with Crippen LogP contribution in [0.25, 0.3) is 0 Å². The van der Waals surface area contributed by atoms with Crippen molar-refractivity contribution in [1.82, 2.24) is 4.72 Å². The zero-order valence-corrected chi connectivity index (χ0v) is 13.0. The van der Waals surface area contributed by atoms with Gasteiger partial charge in [-0.25, -0.2) is 13.1 Å². The molecular weight excluding hydrogens is 332 g/mol. The molecule has 1 saturated carbocycles. The number of hydrogen-bond donors (Lipinski definition) is 2. The van der Waals surface area contributed by atoms with Crippen LogP contribution in [0.4, 0.5) is 0 Å². The summed E-state index contributed by atoms with van der Waals surface area (Å²) in [7, 11) is -2.00. The Morgan fingerprint density at radius 2 is 2.21 bits per heavy atom. The second-order valence-corrected chi connectivity index (χ2v) is 7.27. The predicted octanol–water partition coefficient (Wildman–Crippen LogP) is 1.47. The van der Waals surface area contributed by atoms with Gasteiger partial charge in [-0.05, 0) is 52.9 Å². The van der Waals surface area contributed by atoms with Gasteiger partial charge >= 0.3 is 0 Å². The van der Waals surface area contributed by atoms with E-state index in [9.17, 15) is 8.42 Å². The summed E-state index contributed by atoms with van der Waals surface area (Å²) in [5, 5.41) is 0. The molecule has 106 valence electrons. The number of rotatable bonds is 6. The molecule has 0 bridgehead atoms. The van der Waals surface area contributed by atoms with Crippen molar-refractivity contribution in [2.45, 2.75) is 23.8 Å². The van der Waals surface area contributed by atoms with Crippen molar-refractivity contribution >= 4 is 26.0 Å². The second-order valence-electron chi connectivity index (χ2n) is 4.65. The molecule has 0 aliphatic heterocycles. The number of nitrogens with one attached hydrogen (secondary N) is 1. The van der Waals surface area contributed by atoms with Crippen molar-refractivity contribution in [1.29, 1.82) is 0 Å². The first-order valence-electron chi connectivity index (χ1n) is 6.03. The highest BCUT2D eigenvalue weighted by molar-refractivity contribution is 9.10. The molecule has 1 aliphatic carbocycles. The fourth-order valence-electron chi connectivity index (χ4n) is 1.79. The highest BCUT2D eigenvalue weighted by Crippen LogP contribution is 2.31. The maximum absolute atomic E-state index is 12.1. The first kappa shape index (κ1) is 14.8. The first-order valence-corrected chi connectivity index (χ1v) is 8.30. The Hall–Kier alpha value is -0.630. The Balaban J connectivity index is 2.07. The van der Waals surface area contributed by atoms with Crippen molar-refractivity contribution in [3.05, 3.63) is 22.7 Å². The summed E-state index contributed by atoms with van der Waals surface area (Å²) in [6.45, 7) is 0.274. The zero-order chi connectivity index (χ0) is 14.0. The summed E-state index contributed by atoms with van der Waals surface area (Å²) >= 11 is 3.27. The molecule has 1 aromatic rings. The minimum absolute atomic E-state index is 0.100. The van der Waals surface area contributed by atoms with Crippen molar-refractivity contribution in [2.24, 2.45) is 11.7 Å². The summed E-state index contributed by atoms with van der Waals surface area (Å²) in [6, 6.07) is 4.54. The van der Waals surface area contributed by atoms with Crippen LogP contribution in [-0.4, -0.2) is 28.1 Å². The van der Waals surface area contributed by atoms with Gasteiger partial charge in [0.2, 0.25) is 10.0 Å². The first-order chi connectivity index (χ1) is 8.94. The largest absolute Gasteiger partial charge is 0.496 e. The van der Waals surface area contributed by atoms with Crippen LogP contribution >= 0.6 is 15.9 Å². The molecule has 7 heteroatoms. The Morgan fingerprint density at radius 3 is 2.74 bits per heavy atom. The van der Waals surface area contributed by atoms with Crippen molar-refractivity contribution in [2.75, 3.05) is 13.7 Å². The molecule has 0 spiro atoms. The molecule has 0 aromatic heterocycles. The van der Waals surface area contributed by atoms with E-state index in [1.807, 2.05) is 0 Å². The monoisotopic (exact) mass is 348 g/mol. The number of ether oxygens (including phenoxy) is 1. The quantitative estimate of drug-likeness (QED) is 0.815. The van der Waals surface area contributed by atoms with Crippen LogP contribution in [0.1, 0.15) is 12.8 Å². The molecule has 1 fully saturated rings. The molecule has 1 aliphatic rings. The minimum Gasteiger partial charge on any atom is -0.496 e. The SMILES string of the molecule is COc1ccc(S(=O)(=O)NCC(N)C2CC2)cc1Br. The van der Waals surface area contributed by atoms with Gasteiger partial charge in [0.1, 0.15) is 5.75 Å². The van der Waals surface area contributed by atoms with Crippen LogP contribution in [0.2, 0.25) is 0 Å². The topological polar surface area (TPSA) is 81.4 Å². The summed E-state index contributed by atoms with van der Waals surface area (Å²) in [4.78, 5) is 0.197. The van der Waals surface area contributed by atoms with E-state index < -0.39 is 10.0 Å². The van der Waals surface area contributed by atoms with Gasteiger partial charge in [0, 0.05) is 12.6 Å². The lowest BCUT2D eigenvalue weighted by Gasteiger charge is -2.13. The van der Waals surface area contributed by atoms with E-state index in [0.29, 0.717) is 16.1 Å². The minimum atomic E-state index is -3.52. The van der Waals surface area contributed by atoms with Crippen LogP contribution in [0.15, 0.2) is 27.6 Å². The summed E-state index contributed by atoms with van der Waals surface area (Å²) in [5.74, 6) is 1.05. The lowest BCUT2D eigenvalue weighted by Crippen LogP contribution is -2.38. The van der Waals surface area contributed by atoms with E-state index in [1.54, 1.807) is 6.07 Å². The Bertz CT molecular complexity index is 558. The van der Waals surface area contributed by atoms with Crippen molar-refractivity contribution in [3.8, 4) is 5.75 Å². The predicted molar refractivity (Wildman–Crippen MR) is 76.6 cm³/mol. The van der Waals surface area contributed by atoms with Gasteiger partial charge in [-0.15, -0.1) is 0 Å². The molecule has 5 nitrogen and oxygen atoms in total. The lowest BCUT2D eigenvalue weighted by molar-refractivity contribution is 0.411. The molecule has 0 amide bonds. The summed E-state index contributed by atoms with van der Waals surface area (Å²) in [6.07, 6.45) is 2.19. The van der Waals surface area contributed by atoms with Gasteiger partial charge < -0.3 is 10.5 Å². The van der Waals surface area contributed by atoms with Gasteiger partial charge in [0.05, 0.1) is 16.5 Å². The second kappa shape index (κ2) is 5.78. The van der Waals surface area contributed by atoms with Gasteiger partial charge in [0.25, 0.3) is 0 Å². The van der Waals surface area contributed by atoms with Crippen LogP contribution < -0.4 is 15.2 Å². The number of benzene rings is 1. The van der Waals surface area contributed by atoms with Crippen LogP contribution in [0, 0.1) is 5.92 Å². The molecule has 1 aromatic carbocycles. The Morgan fingerprint density at radius 1 is 1.53 bits per heavy atom. The third-order valence-electron chi connectivity index (χ3n) is 3.17. The number of methoxy groups -OCH3 is 1. The fourth-order valence-corrected chi connectivity index (χ4v) is 3.59. The third-order valence-corrected chi connectivity index (χ3v) is 5.21. The normalized spacial score (nSPS) is 17.2. The number of halogens is 1. The van der Waals surface area contributed by atoms with E-state index in [1.165, 1.54) is 19.2 Å². The zero-order valence-electron chi connectivity index (χ0n) is 10.6. The molecule has 0 saturated heterocycles. The third kappa shape index (κ3) is 3.68. The molecule has 1 unspecified atom stereocenters. The standard InChI is InChI=1S/C12H17BrN2O3S/c1-18-12-5-4-9(6-10(12)13)19(16,17)15-7-11(14)8-2-3-8/h4-6,8,11,15H,2-3,7,14H2,1H3. The Labute approximate surface area is 121 Å². The van der Waals surface area contributed by atoms with E-state index >= 15 is 0 Å².